The Kier molecular flexibility index (Phi) is 3.85. The Morgan fingerprint density at radius 3 is 2.35 bits per heavy atom. The van der Waals surface area contributed by atoms with E-state index >= 15 is 0 Å². The van der Waals surface area contributed by atoms with Gasteiger partial charge in [0, 0.05) is 36.1 Å². The van der Waals surface area contributed by atoms with Crippen LogP contribution in [0.3, 0.4) is 0 Å². The van der Waals surface area contributed by atoms with Crippen LogP contribution in [0.4, 0.5) is 17.1 Å². The first-order chi connectivity index (χ1) is 12.6. The molecule has 0 aliphatic carbocycles. The van der Waals surface area contributed by atoms with E-state index in [-0.39, 0.29) is 5.69 Å². The zero-order chi connectivity index (χ0) is 18.1. The normalized spacial score (nSPS) is 10.8. The minimum Gasteiger partial charge on any atom is -0.436 e. The second-order valence-corrected chi connectivity index (χ2v) is 5.87. The Hall–Kier alpha value is -3.67. The lowest BCUT2D eigenvalue weighted by atomic mass is 10.2. The average Bonchev–Trinajstić information content (AvgIpc) is 3.11. The van der Waals surface area contributed by atoms with Crippen molar-refractivity contribution in [1.82, 2.24) is 4.98 Å². The number of anilines is 2. The molecule has 0 radical (unpaired) electrons. The monoisotopic (exact) mass is 345 g/mol. The third-order valence-corrected chi connectivity index (χ3v) is 4.23. The van der Waals surface area contributed by atoms with Gasteiger partial charge in [-0.15, -0.1) is 0 Å². The highest BCUT2D eigenvalue weighted by Crippen LogP contribution is 2.29. The number of hydrogen-bond acceptors (Lipinski definition) is 5. The molecule has 0 saturated carbocycles. The van der Waals surface area contributed by atoms with E-state index in [1.54, 1.807) is 6.07 Å². The van der Waals surface area contributed by atoms with Crippen LogP contribution in [-0.4, -0.2) is 17.0 Å². The number of aromatic nitrogens is 1. The van der Waals surface area contributed by atoms with E-state index in [9.17, 15) is 10.1 Å². The highest BCUT2D eigenvalue weighted by molar-refractivity contribution is 5.79. The van der Waals surface area contributed by atoms with Crippen molar-refractivity contribution in [3.8, 4) is 11.5 Å². The van der Waals surface area contributed by atoms with Crippen molar-refractivity contribution in [2.24, 2.45) is 0 Å². The van der Waals surface area contributed by atoms with Gasteiger partial charge in [-0.1, -0.05) is 18.2 Å². The van der Waals surface area contributed by atoms with Crippen molar-refractivity contribution in [1.29, 1.82) is 0 Å². The first-order valence-corrected chi connectivity index (χ1v) is 8.06. The zero-order valence-electron chi connectivity index (χ0n) is 14.0. The molecule has 0 atom stereocenters. The van der Waals surface area contributed by atoms with E-state index in [0.717, 1.165) is 16.9 Å². The molecule has 1 aromatic heterocycles. The van der Waals surface area contributed by atoms with Crippen LogP contribution in [0.5, 0.6) is 0 Å². The van der Waals surface area contributed by atoms with E-state index in [2.05, 4.69) is 9.88 Å². The van der Waals surface area contributed by atoms with Crippen LogP contribution in [-0.2, 0) is 0 Å². The smallest absolute Gasteiger partial charge is 0.271 e. The van der Waals surface area contributed by atoms with Crippen molar-refractivity contribution in [3.05, 3.63) is 82.9 Å². The molecular weight excluding hydrogens is 330 g/mol. The first-order valence-electron chi connectivity index (χ1n) is 8.06. The number of nitro groups is 1. The fourth-order valence-corrected chi connectivity index (χ4v) is 2.78. The second kappa shape index (κ2) is 6.33. The summed E-state index contributed by atoms with van der Waals surface area (Å²) in [5, 5.41) is 10.9. The summed E-state index contributed by atoms with van der Waals surface area (Å²) in [4.78, 5) is 16.9. The van der Waals surface area contributed by atoms with Gasteiger partial charge < -0.3 is 9.32 Å². The number of para-hydroxylation sites is 1. The molecule has 0 fully saturated rings. The largest absolute Gasteiger partial charge is 0.436 e. The van der Waals surface area contributed by atoms with Crippen molar-refractivity contribution in [3.63, 3.8) is 0 Å². The second-order valence-electron chi connectivity index (χ2n) is 5.87. The summed E-state index contributed by atoms with van der Waals surface area (Å²) >= 11 is 0. The first kappa shape index (κ1) is 15.8. The summed E-state index contributed by atoms with van der Waals surface area (Å²) in [6.45, 7) is 0. The van der Waals surface area contributed by atoms with E-state index in [1.807, 2.05) is 61.6 Å². The molecule has 0 N–H and O–H groups in total. The Morgan fingerprint density at radius 1 is 0.962 bits per heavy atom. The molecule has 4 rings (SSSR count). The van der Waals surface area contributed by atoms with Gasteiger partial charge in [-0.3, -0.25) is 10.1 Å². The summed E-state index contributed by atoms with van der Waals surface area (Å²) in [6.07, 6.45) is 0. The Balaban J connectivity index is 1.64. The molecule has 6 nitrogen and oxygen atoms in total. The number of benzene rings is 3. The number of oxazole rings is 1. The quantitative estimate of drug-likeness (QED) is 0.377. The predicted octanol–water partition coefficient (Wildman–Crippen LogP) is 5.17. The van der Waals surface area contributed by atoms with Crippen LogP contribution in [0.1, 0.15) is 0 Å². The highest BCUT2D eigenvalue weighted by atomic mass is 16.6. The van der Waals surface area contributed by atoms with Crippen LogP contribution >= 0.6 is 0 Å². The Bertz CT molecular complexity index is 1070. The number of nitro benzene ring substituents is 1. The van der Waals surface area contributed by atoms with E-state index in [0.29, 0.717) is 17.0 Å². The summed E-state index contributed by atoms with van der Waals surface area (Å²) in [5.41, 5.74) is 3.93. The summed E-state index contributed by atoms with van der Waals surface area (Å²) in [5.74, 6) is 0.439. The number of nitrogens with zero attached hydrogens (tertiary/aromatic N) is 3. The predicted molar refractivity (Wildman–Crippen MR) is 101 cm³/mol. The van der Waals surface area contributed by atoms with Gasteiger partial charge >= 0.3 is 0 Å². The van der Waals surface area contributed by atoms with Gasteiger partial charge in [0.15, 0.2) is 5.58 Å². The maximum Gasteiger partial charge on any atom is 0.271 e. The van der Waals surface area contributed by atoms with Gasteiger partial charge in [-0.05, 0) is 42.5 Å². The number of hydrogen-bond donors (Lipinski definition) is 0. The lowest BCUT2D eigenvalue weighted by Gasteiger charge is -2.19. The standard InChI is InChI=1S/C20H15N3O3/c1-22(15-5-3-2-4-6-15)16-9-7-14(8-10-16)20-21-18-13-17(23(24)25)11-12-19(18)26-20/h2-13H,1H3. The SMILES string of the molecule is CN(c1ccccc1)c1ccc(-c2nc3cc([N+](=O)[O-])ccc3o2)cc1. The Morgan fingerprint density at radius 2 is 1.65 bits per heavy atom. The van der Waals surface area contributed by atoms with Gasteiger partial charge in [0.2, 0.25) is 5.89 Å². The number of rotatable bonds is 4. The van der Waals surface area contributed by atoms with E-state index in [1.165, 1.54) is 12.1 Å². The maximum absolute atomic E-state index is 10.9. The third kappa shape index (κ3) is 2.88. The molecule has 0 spiro atoms. The van der Waals surface area contributed by atoms with Crippen LogP contribution < -0.4 is 4.90 Å². The Labute approximate surface area is 149 Å². The van der Waals surface area contributed by atoms with Gasteiger partial charge in [-0.25, -0.2) is 4.98 Å². The van der Waals surface area contributed by atoms with Crippen molar-refractivity contribution in [2.75, 3.05) is 11.9 Å². The lowest BCUT2D eigenvalue weighted by molar-refractivity contribution is -0.384. The average molecular weight is 345 g/mol. The molecule has 0 aliphatic rings. The summed E-state index contributed by atoms with van der Waals surface area (Å²) in [7, 11) is 2.00. The van der Waals surface area contributed by atoms with Crippen LogP contribution in [0, 0.1) is 10.1 Å². The fraction of sp³-hybridized carbons (Fsp3) is 0.0500. The number of fused-ring (bicyclic) bond motifs is 1. The molecule has 0 unspecified atom stereocenters. The van der Waals surface area contributed by atoms with Gasteiger partial charge in [-0.2, -0.15) is 0 Å². The molecule has 6 heteroatoms. The van der Waals surface area contributed by atoms with Crippen molar-refractivity contribution >= 4 is 28.2 Å². The summed E-state index contributed by atoms with van der Waals surface area (Å²) in [6, 6.07) is 22.3. The van der Waals surface area contributed by atoms with E-state index < -0.39 is 4.92 Å². The molecule has 26 heavy (non-hydrogen) atoms. The zero-order valence-corrected chi connectivity index (χ0v) is 14.0. The number of non-ortho nitro benzene ring substituents is 1. The van der Waals surface area contributed by atoms with E-state index in [4.69, 9.17) is 4.42 Å². The fourth-order valence-electron chi connectivity index (χ4n) is 2.78. The van der Waals surface area contributed by atoms with Gasteiger partial charge in [0.25, 0.3) is 5.69 Å². The lowest BCUT2D eigenvalue weighted by Crippen LogP contribution is -2.08. The molecule has 0 amide bonds. The van der Waals surface area contributed by atoms with Crippen molar-refractivity contribution in [2.45, 2.75) is 0 Å². The maximum atomic E-state index is 10.9. The van der Waals surface area contributed by atoms with Crippen LogP contribution in [0.15, 0.2) is 77.2 Å². The molecule has 0 aliphatic heterocycles. The van der Waals surface area contributed by atoms with Gasteiger partial charge in [0.05, 0.1) is 4.92 Å². The molecule has 0 bridgehead atoms. The minimum atomic E-state index is -0.442. The van der Waals surface area contributed by atoms with Crippen LogP contribution in [0.2, 0.25) is 0 Å². The van der Waals surface area contributed by atoms with Crippen molar-refractivity contribution < 1.29 is 9.34 Å². The van der Waals surface area contributed by atoms with Crippen LogP contribution in [0.25, 0.3) is 22.6 Å². The topological polar surface area (TPSA) is 72.4 Å². The summed E-state index contributed by atoms with van der Waals surface area (Å²) < 4.78 is 5.73. The molecule has 128 valence electrons. The highest BCUT2D eigenvalue weighted by Gasteiger charge is 2.13. The molecule has 3 aromatic carbocycles. The molecule has 4 aromatic rings. The molecular formula is C20H15N3O3. The minimum absolute atomic E-state index is 0.00261. The molecule has 1 heterocycles. The third-order valence-electron chi connectivity index (χ3n) is 4.23. The van der Waals surface area contributed by atoms with Gasteiger partial charge in [0.1, 0.15) is 5.52 Å². The molecule has 0 saturated heterocycles.